The Morgan fingerprint density at radius 3 is 2.52 bits per heavy atom. The largest absolute Gasteiger partial charge is 0.504 e. The lowest BCUT2D eigenvalue weighted by Crippen LogP contribution is -2.37. The van der Waals surface area contributed by atoms with E-state index in [0.717, 1.165) is 5.46 Å². The van der Waals surface area contributed by atoms with Gasteiger partial charge in [0.25, 0.3) is 11.8 Å². The third-order valence-corrected chi connectivity index (χ3v) is 3.93. The maximum Gasteiger partial charge on any atom is 0.260 e. The zero-order valence-electron chi connectivity index (χ0n) is 13.3. The van der Waals surface area contributed by atoms with Crippen molar-refractivity contribution >= 4 is 30.7 Å². The van der Waals surface area contributed by atoms with Crippen LogP contribution in [0.2, 0.25) is 0 Å². The van der Waals surface area contributed by atoms with Gasteiger partial charge < -0.3 is 20.6 Å². The Hall–Kier alpha value is -3.42. The van der Waals surface area contributed by atoms with Gasteiger partial charge in [0.05, 0.1) is 5.57 Å². The third-order valence-electron chi connectivity index (χ3n) is 3.93. The normalized spacial score (nSPS) is 15.0. The van der Waals surface area contributed by atoms with Crippen LogP contribution >= 0.6 is 0 Å². The molecule has 0 fully saturated rings. The van der Waals surface area contributed by atoms with Crippen molar-refractivity contribution < 1.29 is 24.9 Å². The molecule has 0 radical (unpaired) electrons. The van der Waals surface area contributed by atoms with E-state index in [1.807, 2.05) is 7.85 Å². The maximum absolute atomic E-state index is 12.1. The highest BCUT2D eigenvalue weighted by molar-refractivity contribution is 6.35. The lowest BCUT2D eigenvalue weighted by Gasteiger charge is -2.19. The molecule has 126 valence electrons. The van der Waals surface area contributed by atoms with Crippen molar-refractivity contribution in [1.82, 2.24) is 10.6 Å². The van der Waals surface area contributed by atoms with E-state index in [1.165, 1.54) is 18.3 Å². The number of benzene rings is 2. The molecule has 3 rings (SSSR count). The first-order valence-electron chi connectivity index (χ1n) is 7.51. The zero-order chi connectivity index (χ0) is 18.1. The highest BCUT2D eigenvalue weighted by atomic mass is 16.3. The van der Waals surface area contributed by atoms with Crippen LogP contribution in [0.25, 0.3) is 5.57 Å². The molecular formula is C17H15BN2O5. The summed E-state index contributed by atoms with van der Waals surface area (Å²) in [4.78, 5) is 24.0. The number of carbonyl (C=O) groups is 2. The van der Waals surface area contributed by atoms with Crippen LogP contribution in [0.5, 0.6) is 17.2 Å². The molecule has 2 aromatic rings. The summed E-state index contributed by atoms with van der Waals surface area (Å²) in [6.45, 7) is 0.103. The molecule has 0 spiro atoms. The van der Waals surface area contributed by atoms with Crippen molar-refractivity contribution in [3.8, 4) is 17.2 Å². The highest BCUT2D eigenvalue weighted by Gasteiger charge is 2.27. The maximum atomic E-state index is 12.1. The number of rotatable bonds is 3. The van der Waals surface area contributed by atoms with Crippen LogP contribution in [0.15, 0.2) is 36.5 Å². The Balaban J connectivity index is 1.88. The first kappa shape index (κ1) is 16.4. The average molecular weight is 338 g/mol. The minimum Gasteiger partial charge on any atom is -0.504 e. The molecule has 5 N–H and O–H groups in total. The molecule has 0 saturated heterocycles. The summed E-state index contributed by atoms with van der Waals surface area (Å²) in [6, 6.07) is 7.90. The molecule has 0 unspecified atom stereocenters. The fourth-order valence-corrected chi connectivity index (χ4v) is 2.60. The number of imide groups is 1. The standard InChI is InChI=1S/C17H15BN2O5/c18-9-2-3-10-11(5-9)12(17(25)20-16(10)24)7-19-6-8-1-4-13(21)15(23)14(8)22/h1-5,7,19,21-23H,6,18H2,(H,20,24,25)/b12-7-. The van der Waals surface area contributed by atoms with Gasteiger partial charge in [-0.3, -0.25) is 14.9 Å². The topological polar surface area (TPSA) is 119 Å². The van der Waals surface area contributed by atoms with Gasteiger partial charge in [-0.25, -0.2) is 0 Å². The van der Waals surface area contributed by atoms with Gasteiger partial charge in [-0.15, -0.1) is 0 Å². The van der Waals surface area contributed by atoms with Crippen molar-refractivity contribution in [3.63, 3.8) is 0 Å². The number of nitrogens with one attached hydrogen (secondary N) is 2. The van der Waals surface area contributed by atoms with Gasteiger partial charge in [0.2, 0.25) is 5.75 Å². The van der Waals surface area contributed by atoms with E-state index in [9.17, 15) is 24.9 Å². The lowest BCUT2D eigenvalue weighted by atomic mass is 9.87. The molecule has 1 heterocycles. The summed E-state index contributed by atoms with van der Waals surface area (Å²) in [5.41, 5.74) is 2.47. The molecule has 2 aromatic carbocycles. The summed E-state index contributed by atoms with van der Waals surface area (Å²) >= 11 is 0. The van der Waals surface area contributed by atoms with E-state index >= 15 is 0 Å². The van der Waals surface area contributed by atoms with Crippen molar-refractivity contribution in [3.05, 3.63) is 53.2 Å². The molecule has 8 heteroatoms. The van der Waals surface area contributed by atoms with Gasteiger partial charge >= 0.3 is 0 Å². The number of hydrogen-bond donors (Lipinski definition) is 5. The predicted octanol–water partition coefficient (Wildman–Crippen LogP) is -0.538. The first-order chi connectivity index (χ1) is 11.9. The number of carbonyl (C=O) groups excluding carboxylic acids is 2. The fourth-order valence-electron chi connectivity index (χ4n) is 2.60. The van der Waals surface area contributed by atoms with Crippen molar-refractivity contribution in [1.29, 1.82) is 0 Å². The Kier molecular flexibility index (Phi) is 4.10. The summed E-state index contributed by atoms with van der Waals surface area (Å²) < 4.78 is 0. The van der Waals surface area contributed by atoms with Crippen LogP contribution in [-0.4, -0.2) is 35.0 Å². The van der Waals surface area contributed by atoms with E-state index in [0.29, 0.717) is 22.3 Å². The molecule has 0 aliphatic carbocycles. The van der Waals surface area contributed by atoms with Gasteiger partial charge in [0.1, 0.15) is 7.85 Å². The van der Waals surface area contributed by atoms with Crippen LogP contribution in [0.3, 0.4) is 0 Å². The number of phenols is 3. The second-order valence-electron chi connectivity index (χ2n) is 5.71. The van der Waals surface area contributed by atoms with Gasteiger partial charge in [0, 0.05) is 29.4 Å². The van der Waals surface area contributed by atoms with E-state index in [2.05, 4.69) is 10.6 Å². The Bertz CT molecular complexity index is 923. The Morgan fingerprint density at radius 1 is 1.00 bits per heavy atom. The monoisotopic (exact) mass is 338 g/mol. The fraction of sp³-hybridized carbons (Fsp3) is 0.0588. The van der Waals surface area contributed by atoms with Crippen molar-refractivity contribution in [2.45, 2.75) is 6.54 Å². The highest BCUT2D eigenvalue weighted by Crippen LogP contribution is 2.36. The van der Waals surface area contributed by atoms with E-state index in [-0.39, 0.29) is 6.54 Å². The second kappa shape index (κ2) is 6.24. The van der Waals surface area contributed by atoms with Crippen LogP contribution in [0, 0.1) is 0 Å². The lowest BCUT2D eigenvalue weighted by molar-refractivity contribution is -0.114. The Morgan fingerprint density at radius 2 is 1.76 bits per heavy atom. The molecule has 0 atom stereocenters. The molecular weight excluding hydrogens is 323 g/mol. The molecule has 0 saturated carbocycles. The van der Waals surface area contributed by atoms with Gasteiger partial charge in [0.15, 0.2) is 11.5 Å². The third kappa shape index (κ3) is 3.01. The van der Waals surface area contributed by atoms with Gasteiger partial charge in [-0.05, 0) is 18.2 Å². The smallest absolute Gasteiger partial charge is 0.260 e. The summed E-state index contributed by atoms with van der Waals surface area (Å²) in [5.74, 6) is -2.43. The van der Waals surface area contributed by atoms with Gasteiger partial charge in [-0.2, -0.15) is 0 Å². The van der Waals surface area contributed by atoms with Crippen molar-refractivity contribution in [2.24, 2.45) is 0 Å². The number of aromatic hydroxyl groups is 3. The predicted molar refractivity (Wildman–Crippen MR) is 93.3 cm³/mol. The van der Waals surface area contributed by atoms with E-state index < -0.39 is 29.1 Å². The summed E-state index contributed by atoms with van der Waals surface area (Å²) in [6.07, 6.45) is 1.45. The number of fused-ring (bicyclic) bond motifs is 1. The first-order valence-corrected chi connectivity index (χ1v) is 7.51. The van der Waals surface area contributed by atoms with Crippen LogP contribution < -0.4 is 16.1 Å². The zero-order valence-corrected chi connectivity index (χ0v) is 13.3. The van der Waals surface area contributed by atoms with Gasteiger partial charge in [-0.1, -0.05) is 17.6 Å². The molecule has 0 aromatic heterocycles. The molecule has 0 bridgehead atoms. The minimum absolute atomic E-state index is 0.103. The molecule has 2 amide bonds. The molecule has 1 aliphatic heterocycles. The molecule has 7 nitrogen and oxygen atoms in total. The Labute approximate surface area is 144 Å². The van der Waals surface area contributed by atoms with Crippen molar-refractivity contribution in [2.75, 3.05) is 0 Å². The average Bonchev–Trinajstić information content (AvgIpc) is 2.57. The van der Waals surface area contributed by atoms with E-state index in [4.69, 9.17) is 0 Å². The molecule has 1 aliphatic rings. The van der Waals surface area contributed by atoms with Crippen LogP contribution in [0.1, 0.15) is 21.5 Å². The van der Waals surface area contributed by atoms with E-state index in [1.54, 1.807) is 18.2 Å². The second-order valence-corrected chi connectivity index (χ2v) is 5.71. The van der Waals surface area contributed by atoms with Crippen LogP contribution in [0.4, 0.5) is 0 Å². The summed E-state index contributed by atoms with van der Waals surface area (Å²) in [7, 11) is 1.86. The molecule has 25 heavy (non-hydrogen) atoms. The van der Waals surface area contributed by atoms with Crippen LogP contribution in [-0.2, 0) is 11.3 Å². The number of hydrogen-bond acceptors (Lipinski definition) is 6. The number of amides is 2. The number of phenolic OH excluding ortho intramolecular Hbond substituents is 3. The summed E-state index contributed by atoms with van der Waals surface area (Å²) in [5, 5.41) is 33.8. The SMILES string of the molecule is Bc1ccc2c(c1)/C(=C/NCc1ccc(O)c(O)c1O)C(=O)NC2=O. The quantitative estimate of drug-likeness (QED) is 0.222. The minimum atomic E-state index is -0.603.